The van der Waals surface area contributed by atoms with E-state index in [9.17, 15) is 14.7 Å². The molecule has 1 amide bonds. The van der Waals surface area contributed by atoms with Crippen LogP contribution in [0.25, 0.3) is 0 Å². The summed E-state index contributed by atoms with van der Waals surface area (Å²) in [6, 6.07) is 11.3. The van der Waals surface area contributed by atoms with E-state index in [1.165, 1.54) is 25.5 Å². The maximum atomic E-state index is 12.0. The highest BCUT2D eigenvalue weighted by Crippen LogP contribution is 2.21. The lowest BCUT2D eigenvalue weighted by Gasteiger charge is -2.05. The number of halogens is 1. The number of amides is 1. The van der Waals surface area contributed by atoms with E-state index in [0.29, 0.717) is 15.8 Å². The summed E-state index contributed by atoms with van der Waals surface area (Å²) in [4.78, 5) is 23.0. The highest BCUT2D eigenvalue weighted by molar-refractivity contribution is 9.10. The van der Waals surface area contributed by atoms with Crippen molar-refractivity contribution in [3.8, 4) is 11.5 Å². The van der Waals surface area contributed by atoms with E-state index in [1.54, 1.807) is 30.3 Å². The van der Waals surface area contributed by atoms with Crippen LogP contribution in [0.4, 0.5) is 0 Å². The largest absolute Gasteiger partial charge is 0.507 e. The Bertz CT molecular complexity index is 790. The summed E-state index contributed by atoms with van der Waals surface area (Å²) in [5, 5.41) is 13.5. The molecule has 0 fully saturated rings. The molecular formula is C17H15BrN2O5. The van der Waals surface area contributed by atoms with Crippen LogP contribution in [0.3, 0.4) is 0 Å². The lowest BCUT2D eigenvalue weighted by atomic mass is 10.2. The van der Waals surface area contributed by atoms with Crippen LogP contribution in [0.2, 0.25) is 0 Å². The van der Waals surface area contributed by atoms with Crippen LogP contribution in [0.15, 0.2) is 52.0 Å². The van der Waals surface area contributed by atoms with Gasteiger partial charge in [0, 0.05) is 4.47 Å². The van der Waals surface area contributed by atoms with Gasteiger partial charge < -0.3 is 14.6 Å². The molecule has 0 spiro atoms. The number of methoxy groups -OCH3 is 1. The van der Waals surface area contributed by atoms with Crippen LogP contribution in [0, 0.1) is 0 Å². The predicted octanol–water partition coefficient (Wildman–Crippen LogP) is 2.47. The number of hydrazone groups is 1. The molecule has 0 heterocycles. The van der Waals surface area contributed by atoms with E-state index in [1.807, 2.05) is 0 Å². The Morgan fingerprint density at radius 2 is 1.96 bits per heavy atom. The summed E-state index contributed by atoms with van der Waals surface area (Å²) in [6.07, 6.45) is 1.44. The Morgan fingerprint density at radius 1 is 1.24 bits per heavy atom. The number of benzene rings is 2. The van der Waals surface area contributed by atoms with Crippen molar-refractivity contribution in [1.82, 2.24) is 5.43 Å². The molecule has 0 unspecified atom stereocenters. The van der Waals surface area contributed by atoms with Crippen LogP contribution in [-0.2, 0) is 9.53 Å². The number of carbonyl (C=O) groups excluding carboxylic acids is 2. The summed E-state index contributed by atoms with van der Waals surface area (Å²) in [5.41, 5.74) is 3.16. The van der Waals surface area contributed by atoms with Crippen molar-refractivity contribution in [2.45, 2.75) is 0 Å². The molecule has 130 valence electrons. The third kappa shape index (κ3) is 5.61. The second kappa shape index (κ2) is 8.84. The first-order valence-electron chi connectivity index (χ1n) is 7.11. The van der Waals surface area contributed by atoms with E-state index in [4.69, 9.17) is 4.74 Å². The zero-order valence-corrected chi connectivity index (χ0v) is 14.8. The molecule has 0 radical (unpaired) electrons. The van der Waals surface area contributed by atoms with Gasteiger partial charge >= 0.3 is 5.97 Å². The van der Waals surface area contributed by atoms with Gasteiger partial charge in [-0.15, -0.1) is 0 Å². The molecule has 25 heavy (non-hydrogen) atoms. The maximum Gasteiger partial charge on any atom is 0.343 e. The minimum atomic E-state index is -0.534. The first-order chi connectivity index (χ1) is 12.0. The van der Waals surface area contributed by atoms with Crippen molar-refractivity contribution in [2.75, 3.05) is 13.7 Å². The monoisotopic (exact) mass is 406 g/mol. The number of esters is 1. The Morgan fingerprint density at radius 3 is 2.64 bits per heavy atom. The fourth-order valence-corrected chi connectivity index (χ4v) is 2.13. The molecule has 2 N–H and O–H groups in total. The maximum absolute atomic E-state index is 12.0. The zero-order chi connectivity index (χ0) is 18.2. The second-order valence-electron chi connectivity index (χ2n) is 4.79. The number of phenols is 1. The van der Waals surface area contributed by atoms with E-state index in [2.05, 4.69) is 31.2 Å². The number of ether oxygens (including phenoxy) is 2. The number of nitrogens with one attached hydrogen (secondary N) is 1. The number of nitrogens with zero attached hydrogens (tertiary/aromatic N) is 1. The Labute approximate surface area is 152 Å². The van der Waals surface area contributed by atoms with Gasteiger partial charge in [-0.25, -0.2) is 10.2 Å². The van der Waals surface area contributed by atoms with Gasteiger partial charge in [0.25, 0.3) is 5.91 Å². The van der Waals surface area contributed by atoms with Crippen molar-refractivity contribution < 1.29 is 24.2 Å². The Hall–Kier alpha value is -2.87. The summed E-state index contributed by atoms with van der Waals surface area (Å²) in [7, 11) is 1.29. The quantitative estimate of drug-likeness (QED) is 0.436. The van der Waals surface area contributed by atoms with Crippen LogP contribution < -0.4 is 10.2 Å². The minimum absolute atomic E-state index is 0.109. The normalized spacial score (nSPS) is 10.5. The van der Waals surface area contributed by atoms with Gasteiger partial charge in [-0.3, -0.25) is 4.79 Å². The lowest BCUT2D eigenvalue weighted by Crippen LogP contribution is -2.17. The minimum Gasteiger partial charge on any atom is -0.507 e. The molecule has 0 saturated heterocycles. The topological polar surface area (TPSA) is 97.2 Å². The number of carbonyl (C=O) groups is 2. The molecule has 2 rings (SSSR count). The molecule has 2 aromatic carbocycles. The third-order valence-corrected chi connectivity index (χ3v) is 3.54. The number of phenolic OH excluding ortho intramolecular Hbond substituents is 1. The summed E-state index contributed by atoms with van der Waals surface area (Å²) >= 11 is 3.23. The predicted molar refractivity (Wildman–Crippen MR) is 94.8 cm³/mol. The van der Waals surface area contributed by atoms with Gasteiger partial charge in [0.15, 0.2) is 6.61 Å². The van der Waals surface area contributed by atoms with E-state index < -0.39 is 11.9 Å². The van der Waals surface area contributed by atoms with Crippen molar-refractivity contribution in [2.24, 2.45) is 5.10 Å². The summed E-state index contributed by atoms with van der Waals surface area (Å²) in [6.45, 7) is -0.171. The molecule has 0 aromatic heterocycles. The standard InChI is InChI=1S/C17H15BrN2O5/c1-24-16(22)10-25-13-5-2-11(3-6-13)9-19-20-17(23)14-8-12(18)4-7-15(14)21/h2-9,21H,10H2,1H3,(H,20,23)/b19-9+. The fraction of sp³-hybridized carbons (Fsp3) is 0.118. The lowest BCUT2D eigenvalue weighted by molar-refractivity contribution is -0.142. The number of rotatable bonds is 6. The van der Waals surface area contributed by atoms with Crippen molar-refractivity contribution in [3.63, 3.8) is 0 Å². The molecule has 2 aromatic rings. The van der Waals surface area contributed by atoms with Crippen LogP contribution in [0.1, 0.15) is 15.9 Å². The van der Waals surface area contributed by atoms with Gasteiger partial charge in [-0.1, -0.05) is 15.9 Å². The number of hydrogen-bond donors (Lipinski definition) is 2. The molecule has 0 aliphatic heterocycles. The molecule has 0 saturated carbocycles. The molecule has 0 atom stereocenters. The smallest absolute Gasteiger partial charge is 0.343 e. The van der Waals surface area contributed by atoms with Gasteiger partial charge in [0.2, 0.25) is 0 Å². The first kappa shape index (κ1) is 18.5. The second-order valence-corrected chi connectivity index (χ2v) is 5.71. The fourth-order valence-electron chi connectivity index (χ4n) is 1.77. The molecular weight excluding hydrogens is 392 g/mol. The van der Waals surface area contributed by atoms with Crippen molar-refractivity contribution in [1.29, 1.82) is 0 Å². The SMILES string of the molecule is COC(=O)COc1ccc(/C=N/NC(=O)c2cc(Br)ccc2O)cc1. The highest BCUT2D eigenvalue weighted by Gasteiger charge is 2.10. The molecule has 0 aliphatic carbocycles. The van der Waals surface area contributed by atoms with Crippen LogP contribution in [0.5, 0.6) is 11.5 Å². The van der Waals surface area contributed by atoms with Crippen LogP contribution in [-0.4, -0.2) is 36.9 Å². The molecule has 8 heteroatoms. The molecule has 0 aliphatic rings. The van der Waals surface area contributed by atoms with Gasteiger partial charge in [0.05, 0.1) is 18.9 Å². The summed E-state index contributed by atoms with van der Waals surface area (Å²) in [5.74, 6) is -0.633. The van der Waals surface area contributed by atoms with Gasteiger partial charge in [-0.05, 0) is 48.0 Å². The van der Waals surface area contributed by atoms with E-state index in [0.717, 1.165) is 0 Å². The zero-order valence-electron chi connectivity index (χ0n) is 13.2. The average molecular weight is 407 g/mol. The average Bonchev–Trinajstić information content (AvgIpc) is 2.62. The number of aromatic hydroxyl groups is 1. The summed E-state index contributed by atoms with van der Waals surface area (Å²) < 4.78 is 10.4. The van der Waals surface area contributed by atoms with Crippen molar-refractivity contribution >= 4 is 34.0 Å². The molecule has 7 nitrogen and oxygen atoms in total. The Balaban J connectivity index is 1.92. The van der Waals surface area contributed by atoms with E-state index in [-0.39, 0.29) is 17.9 Å². The highest BCUT2D eigenvalue weighted by atomic mass is 79.9. The molecule has 0 bridgehead atoms. The van der Waals surface area contributed by atoms with Gasteiger partial charge in [-0.2, -0.15) is 5.10 Å². The van der Waals surface area contributed by atoms with Gasteiger partial charge in [0.1, 0.15) is 11.5 Å². The van der Waals surface area contributed by atoms with Crippen LogP contribution >= 0.6 is 15.9 Å². The first-order valence-corrected chi connectivity index (χ1v) is 7.90. The Kier molecular flexibility index (Phi) is 6.53. The van der Waals surface area contributed by atoms with E-state index >= 15 is 0 Å². The number of hydrogen-bond acceptors (Lipinski definition) is 6. The van der Waals surface area contributed by atoms with Crippen molar-refractivity contribution in [3.05, 3.63) is 58.1 Å². The third-order valence-electron chi connectivity index (χ3n) is 3.05.